The van der Waals surface area contributed by atoms with Crippen LogP contribution in [0.5, 0.6) is 0 Å². The van der Waals surface area contributed by atoms with Crippen molar-refractivity contribution in [3.8, 4) is 6.07 Å². The van der Waals surface area contributed by atoms with E-state index in [1.807, 2.05) is 38.1 Å². The van der Waals surface area contributed by atoms with E-state index < -0.39 is 0 Å². The number of carbonyl (C=O) groups is 1. The van der Waals surface area contributed by atoms with E-state index in [2.05, 4.69) is 5.32 Å². The molecular weight excluding hydrogens is 284 g/mol. The third-order valence-electron chi connectivity index (χ3n) is 3.31. The largest absolute Gasteiger partial charge is 0.325 e. The second-order valence-corrected chi connectivity index (χ2v) is 5.38. The fraction of sp³-hybridized carbons (Fsp3) is 0.176. The fourth-order valence-electron chi connectivity index (χ4n) is 2.01. The van der Waals surface area contributed by atoms with Gasteiger partial charge in [0.25, 0.3) is 0 Å². The van der Waals surface area contributed by atoms with E-state index in [0.717, 1.165) is 11.1 Å². The molecule has 0 spiro atoms. The maximum Gasteiger partial charge on any atom is 0.228 e. The molecule has 2 aromatic rings. The molecule has 2 aromatic carbocycles. The van der Waals surface area contributed by atoms with Crippen molar-refractivity contribution in [2.45, 2.75) is 20.3 Å². The molecule has 0 saturated heterocycles. The van der Waals surface area contributed by atoms with Crippen LogP contribution in [0, 0.1) is 25.2 Å². The van der Waals surface area contributed by atoms with Crippen molar-refractivity contribution >= 4 is 23.2 Å². The Balaban J connectivity index is 2.13. The van der Waals surface area contributed by atoms with E-state index in [-0.39, 0.29) is 12.3 Å². The Bertz CT molecular complexity index is 732. The molecule has 106 valence electrons. The molecule has 0 unspecified atom stereocenters. The monoisotopic (exact) mass is 298 g/mol. The van der Waals surface area contributed by atoms with Crippen LogP contribution >= 0.6 is 11.6 Å². The van der Waals surface area contributed by atoms with Gasteiger partial charge in [-0.2, -0.15) is 5.26 Å². The van der Waals surface area contributed by atoms with Gasteiger partial charge in [-0.1, -0.05) is 29.8 Å². The average molecular weight is 299 g/mol. The quantitative estimate of drug-likeness (QED) is 0.931. The van der Waals surface area contributed by atoms with E-state index in [1.54, 1.807) is 18.2 Å². The highest BCUT2D eigenvalue weighted by atomic mass is 35.5. The summed E-state index contributed by atoms with van der Waals surface area (Å²) in [4.78, 5) is 12.1. The Hall–Kier alpha value is -2.31. The predicted molar refractivity (Wildman–Crippen MR) is 84.4 cm³/mol. The Morgan fingerprint density at radius 1 is 1.19 bits per heavy atom. The van der Waals surface area contributed by atoms with E-state index in [9.17, 15) is 4.79 Å². The minimum atomic E-state index is -0.169. The molecule has 0 aliphatic heterocycles. The molecule has 0 atom stereocenters. The highest BCUT2D eigenvalue weighted by molar-refractivity contribution is 6.31. The van der Waals surface area contributed by atoms with Gasteiger partial charge in [0, 0.05) is 5.02 Å². The third-order valence-corrected chi connectivity index (χ3v) is 3.55. The van der Waals surface area contributed by atoms with Crippen LogP contribution in [0.1, 0.15) is 22.3 Å². The van der Waals surface area contributed by atoms with Crippen molar-refractivity contribution in [3.05, 3.63) is 63.7 Å². The molecule has 4 heteroatoms. The highest BCUT2D eigenvalue weighted by Gasteiger charge is 2.09. The molecule has 2 rings (SSSR count). The summed E-state index contributed by atoms with van der Waals surface area (Å²) in [7, 11) is 0. The van der Waals surface area contributed by atoms with Crippen LogP contribution in [-0.2, 0) is 11.2 Å². The molecule has 0 aliphatic carbocycles. The first kappa shape index (κ1) is 15.1. The summed E-state index contributed by atoms with van der Waals surface area (Å²) >= 11 is 5.89. The average Bonchev–Trinajstić information content (AvgIpc) is 2.43. The van der Waals surface area contributed by atoms with Crippen LogP contribution in [0.4, 0.5) is 5.69 Å². The van der Waals surface area contributed by atoms with Gasteiger partial charge in [0.05, 0.1) is 17.7 Å². The normalized spacial score (nSPS) is 10.0. The molecule has 0 saturated carbocycles. The second kappa shape index (κ2) is 6.43. The molecule has 0 radical (unpaired) electrons. The zero-order valence-corrected chi connectivity index (χ0v) is 12.7. The summed E-state index contributed by atoms with van der Waals surface area (Å²) in [6, 6.07) is 12.8. The first-order chi connectivity index (χ1) is 9.99. The number of amides is 1. The molecule has 21 heavy (non-hydrogen) atoms. The lowest BCUT2D eigenvalue weighted by Gasteiger charge is -2.09. The SMILES string of the molecule is Cc1ccc(CC(=O)Nc2cc(Cl)ccc2C#N)cc1C. The molecule has 3 nitrogen and oxygen atoms in total. The predicted octanol–water partition coefficient (Wildman–Crippen LogP) is 4.01. The van der Waals surface area contributed by atoms with Crippen molar-refractivity contribution in [1.29, 1.82) is 5.26 Å². The summed E-state index contributed by atoms with van der Waals surface area (Å²) in [5.41, 5.74) is 4.13. The number of carbonyl (C=O) groups excluding carboxylic acids is 1. The minimum absolute atomic E-state index is 0.169. The molecular formula is C17H15ClN2O. The van der Waals surface area contributed by atoms with E-state index >= 15 is 0 Å². The first-order valence-electron chi connectivity index (χ1n) is 6.55. The second-order valence-electron chi connectivity index (χ2n) is 4.95. The minimum Gasteiger partial charge on any atom is -0.325 e. The Kier molecular flexibility index (Phi) is 4.62. The topological polar surface area (TPSA) is 52.9 Å². The number of nitrogens with one attached hydrogen (secondary N) is 1. The van der Waals surface area contributed by atoms with E-state index in [0.29, 0.717) is 16.3 Å². The molecule has 1 amide bonds. The lowest BCUT2D eigenvalue weighted by Crippen LogP contribution is -2.15. The van der Waals surface area contributed by atoms with Crippen molar-refractivity contribution < 1.29 is 4.79 Å². The van der Waals surface area contributed by atoms with Gasteiger partial charge >= 0.3 is 0 Å². The lowest BCUT2D eigenvalue weighted by atomic mass is 10.0. The van der Waals surface area contributed by atoms with E-state index in [1.165, 1.54) is 5.56 Å². The molecule has 0 aliphatic rings. The number of nitriles is 1. The number of nitrogens with zero attached hydrogens (tertiary/aromatic N) is 1. The number of hydrogen-bond acceptors (Lipinski definition) is 2. The maximum absolute atomic E-state index is 12.1. The number of benzene rings is 2. The summed E-state index contributed by atoms with van der Waals surface area (Å²) in [6.07, 6.45) is 0.262. The van der Waals surface area contributed by atoms with Gasteiger partial charge in [-0.15, -0.1) is 0 Å². The van der Waals surface area contributed by atoms with Crippen molar-refractivity contribution in [1.82, 2.24) is 0 Å². The van der Waals surface area contributed by atoms with Crippen LogP contribution in [0.3, 0.4) is 0 Å². The van der Waals surface area contributed by atoms with E-state index in [4.69, 9.17) is 16.9 Å². The molecule has 0 bridgehead atoms. The van der Waals surface area contributed by atoms with Gasteiger partial charge < -0.3 is 5.32 Å². The van der Waals surface area contributed by atoms with Gasteiger partial charge in [0.1, 0.15) is 6.07 Å². The smallest absolute Gasteiger partial charge is 0.228 e. The Morgan fingerprint density at radius 3 is 2.62 bits per heavy atom. The number of rotatable bonds is 3. The Labute approximate surface area is 129 Å². The lowest BCUT2D eigenvalue weighted by molar-refractivity contribution is -0.115. The van der Waals surface area contributed by atoms with Crippen LogP contribution in [0.25, 0.3) is 0 Å². The highest BCUT2D eigenvalue weighted by Crippen LogP contribution is 2.20. The zero-order chi connectivity index (χ0) is 15.4. The summed E-state index contributed by atoms with van der Waals surface area (Å²) in [5.74, 6) is -0.169. The molecule has 1 N–H and O–H groups in total. The van der Waals surface area contributed by atoms with Gasteiger partial charge in [-0.25, -0.2) is 0 Å². The van der Waals surface area contributed by atoms with Crippen LogP contribution in [-0.4, -0.2) is 5.91 Å². The van der Waals surface area contributed by atoms with Gasteiger partial charge in [-0.3, -0.25) is 4.79 Å². The van der Waals surface area contributed by atoms with Crippen molar-refractivity contribution in [3.63, 3.8) is 0 Å². The van der Waals surface area contributed by atoms with Crippen molar-refractivity contribution in [2.24, 2.45) is 0 Å². The number of halogens is 1. The first-order valence-corrected chi connectivity index (χ1v) is 6.93. The summed E-state index contributed by atoms with van der Waals surface area (Å²) < 4.78 is 0. The summed E-state index contributed by atoms with van der Waals surface area (Å²) in [6.45, 7) is 4.05. The summed E-state index contributed by atoms with van der Waals surface area (Å²) in [5, 5.41) is 12.3. The number of aryl methyl sites for hydroxylation is 2. The number of hydrogen-bond donors (Lipinski definition) is 1. The van der Waals surface area contributed by atoms with Crippen LogP contribution in [0.15, 0.2) is 36.4 Å². The molecule has 0 fully saturated rings. The van der Waals surface area contributed by atoms with Gasteiger partial charge in [0.15, 0.2) is 0 Å². The third kappa shape index (κ3) is 3.84. The maximum atomic E-state index is 12.1. The van der Waals surface area contributed by atoms with Crippen molar-refractivity contribution in [2.75, 3.05) is 5.32 Å². The Morgan fingerprint density at radius 2 is 1.95 bits per heavy atom. The molecule has 0 aromatic heterocycles. The van der Waals surface area contributed by atoms with Gasteiger partial charge in [-0.05, 0) is 48.7 Å². The fourth-order valence-corrected chi connectivity index (χ4v) is 2.18. The molecule has 0 heterocycles. The standard InChI is InChI=1S/C17H15ClN2O/c1-11-3-4-13(7-12(11)2)8-17(21)20-16-9-15(18)6-5-14(16)10-19/h3-7,9H,8H2,1-2H3,(H,20,21). The van der Waals surface area contributed by atoms with Gasteiger partial charge in [0.2, 0.25) is 5.91 Å². The van der Waals surface area contributed by atoms with Crippen LogP contribution < -0.4 is 5.32 Å². The van der Waals surface area contributed by atoms with Crippen LogP contribution in [0.2, 0.25) is 5.02 Å². The zero-order valence-electron chi connectivity index (χ0n) is 11.9. The number of anilines is 1.